The van der Waals surface area contributed by atoms with Crippen LogP contribution in [0.3, 0.4) is 0 Å². The van der Waals surface area contributed by atoms with E-state index in [-0.39, 0.29) is 0 Å². The van der Waals surface area contributed by atoms with Crippen LogP contribution >= 0.6 is 0 Å². The Morgan fingerprint density at radius 2 is 1.46 bits per heavy atom. The van der Waals surface area contributed by atoms with Crippen molar-refractivity contribution in [2.75, 3.05) is 78.1 Å². The fourth-order valence-corrected chi connectivity index (χ4v) is 3.96. The maximum absolute atomic E-state index is 11.1. The molecule has 0 amide bonds. The lowest BCUT2D eigenvalue weighted by Gasteiger charge is -2.18. The molecule has 0 spiro atoms. The molecule has 14 nitrogen and oxygen atoms in total. The summed E-state index contributed by atoms with van der Waals surface area (Å²) in [5, 5.41) is 3.18. The zero-order valence-electron chi connectivity index (χ0n) is 28.5. The zero-order chi connectivity index (χ0) is 34.0. The molecule has 0 bridgehead atoms. The largest absolute Gasteiger partial charge is 0.462 e. The summed E-state index contributed by atoms with van der Waals surface area (Å²) in [5.41, 5.74) is 8.23. The Morgan fingerprint density at radius 3 is 2.04 bits per heavy atom. The SMILES string of the molecule is CCOC(=O)C(OCC)OCC.CCOC(OCC)c1nc2ncccc2n1CCCOC.COCCCNc1cccnc1N. The van der Waals surface area contributed by atoms with Gasteiger partial charge >= 0.3 is 5.97 Å². The number of ether oxygens (including phenoxy) is 7. The number of carbonyl (C=O) groups is 1. The highest BCUT2D eigenvalue weighted by molar-refractivity contribution is 5.73. The number of nitrogens with one attached hydrogen (secondary N) is 1. The van der Waals surface area contributed by atoms with E-state index >= 15 is 0 Å². The van der Waals surface area contributed by atoms with Crippen molar-refractivity contribution in [1.82, 2.24) is 19.5 Å². The highest BCUT2D eigenvalue weighted by atomic mass is 16.7. The minimum absolute atomic E-state index is 0.343. The fourth-order valence-electron chi connectivity index (χ4n) is 3.96. The number of pyridine rings is 2. The minimum Gasteiger partial charge on any atom is -0.462 e. The normalized spacial score (nSPS) is 10.8. The molecule has 0 unspecified atom stereocenters. The molecule has 3 aromatic rings. The summed E-state index contributed by atoms with van der Waals surface area (Å²) in [7, 11) is 3.40. The highest BCUT2D eigenvalue weighted by Crippen LogP contribution is 2.23. The van der Waals surface area contributed by atoms with Crippen molar-refractivity contribution < 1.29 is 38.0 Å². The van der Waals surface area contributed by atoms with Gasteiger partial charge in [0.05, 0.1) is 17.8 Å². The standard InChI is InChI=1S/C15H23N3O3.C9H15N3O.C8H16O4/c1-4-20-15(21-5-2)14-17-13-12(8-6-9-16-13)18(14)10-7-11-19-3;1-13-7-3-6-11-8-4-2-5-12-9(8)10;1-4-10-7(9)8(11-5-2)12-6-3/h6,8-9,15H,4-5,7,10-11H2,1-3H3;2,4-5,11H,3,6-7H2,1H3,(H2,10,12);8H,4-6H2,1-3H3. The van der Waals surface area contributed by atoms with Gasteiger partial charge in [-0.3, -0.25) is 0 Å². The van der Waals surface area contributed by atoms with Crippen LogP contribution in [0.25, 0.3) is 11.2 Å². The number of fused-ring (bicyclic) bond motifs is 1. The van der Waals surface area contributed by atoms with Gasteiger partial charge in [-0.1, -0.05) is 0 Å². The van der Waals surface area contributed by atoms with E-state index in [1.54, 1.807) is 47.4 Å². The lowest BCUT2D eigenvalue weighted by molar-refractivity contribution is -0.192. The van der Waals surface area contributed by atoms with Crippen LogP contribution in [0.5, 0.6) is 0 Å². The maximum atomic E-state index is 11.1. The van der Waals surface area contributed by atoms with Gasteiger partial charge in [0.1, 0.15) is 5.82 Å². The molecular formula is C32H54N6O8. The molecule has 260 valence electrons. The van der Waals surface area contributed by atoms with Gasteiger partial charge in [0.15, 0.2) is 11.5 Å². The Kier molecular flexibility index (Phi) is 22.7. The first-order chi connectivity index (χ1) is 22.4. The van der Waals surface area contributed by atoms with Gasteiger partial charge < -0.3 is 48.8 Å². The third-order valence-electron chi connectivity index (χ3n) is 5.93. The van der Waals surface area contributed by atoms with Crippen molar-refractivity contribution in [2.24, 2.45) is 0 Å². The third kappa shape index (κ3) is 15.3. The predicted octanol–water partition coefficient (Wildman–Crippen LogP) is 4.60. The number of anilines is 2. The molecule has 14 heteroatoms. The van der Waals surface area contributed by atoms with Gasteiger partial charge in [-0.05, 0) is 71.7 Å². The fraction of sp³-hybridized carbons (Fsp3) is 0.625. The van der Waals surface area contributed by atoms with E-state index in [2.05, 4.69) is 24.8 Å². The van der Waals surface area contributed by atoms with Crippen LogP contribution in [-0.2, 0) is 44.5 Å². The second-order valence-electron chi connectivity index (χ2n) is 9.26. The third-order valence-corrected chi connectivity index (χ3v) is 5.93. The van der Waals surface area contributed by atoms with Crippen LogP contribution < -0.4 is 11.1 Å². The molecule has 0 saturated heterocycles. The van der Waals surface area contributed by atoms with Crippen LogP contribution in [0.15, 0.2) is 36.7 Å². The Morgan fingerprint density at radius 1 is 0.848 bits per heavy atom. The number of nitrogens with zero attached hydrogens (tertiary/aromatic N) is 4. The molecule has 0 aliphatic rings. The summed E-state index contributed by atoms with van der Waals surface area (Å²) in [6.45, 7) is 14.7. The summed E-state index contributed by atoms with van der Waals surface area (Å²) in [5.74, 6) is 0.851. The molecule has 0 aliphatic carbocycles. The molecule has 0 aliphatic heterocycles. The molecule has 3 N–H and O–H groups in total. The van der Waals surface area contributed by atoms with Gasteiger partial charge in [-0.2, -0.15) is 0 Å². The number of rotatable bonds is 20. The molecule has 0 saturated carbocycles. The van der Waals surface area contributed by atoms with E-state index in [9.17, 15) is 4.79 Å². The van der Waals surface area contributed by atoms with E-state index in [0.717, 1.165) is 49.6 Å². The van der Waals surface area contributed by atoms with E-state index in [4.69, 9.17) is 38.9 Å². The number of esters is 1. The lowest BCUT2D eigenvalue weighted by Crippen LogP contribution is -2.29. The van der Waals surface area contributed by atoms with Crippen molar-refractivity contribution in [2.45, 2.75) is 66.6 Å². The monoisotopic (exact) mass is 650 g/mol. The molecule has 0 aromatic carbocycles. The summed E-state index contributed by atoms with van der Waals surface area (Å²) >= 11 is 0. The van der Waals surface area contributed by atoms with E-state index in [1.165, 1.54) is 0 Å². The molecule has 0 radical (unpaired) electrons. The van der Waals surface area contributed by atoms with E-state index in [1.807, 2.05) is 38.1 Å². The van der Waals surface area contributed by atoms with Crippen LogP contribution in [0, 0.1) is 0 Å². The van der Waals surface area contributed by atoms with Gasteiger partial charge in [0.2, 0.25) is 6.29 Å². The summed E-state index contributed by atoms with van der Waals surface area (Å²) in [6.07, 6.45) is 3.96. The van der Waals surface area contributed by atoms with Crippen molar-refractivity contribution in [3.05, 3.63) is 42.5 Å². The molecule has 3 heterocycles. The molecule has 46 heavy (non-hydrogen) atoms. The van der Waals surface area contributed by atoms with Gasteiger partial charge in [-0.15, -0.1) is 0 Å². The van der Waals surface area contributed by atoms with Gasteiger partial charge in [0.25, 0.3) is 6.29 Å². The molecule has 0 atom stereocenters. The number of carbonyl (C=O) groups excluding carboxylic acids is 1. The zero-order valence-corrected chi connectivity index (χ0v) is 28.5. The van der Waals surface area contributed by atoms with Gasteiger partial charge in [0, 0.05) is 79.3 Å². The first-order valence-corrected chi connectivity index (χ1v) is 15.8. The Hall–Kier alpha value is -3.40. The van der Waals surface area contributed by atoms with Crippen LogP contribution in [0.1, 0.15) is 59.6 Å². The van der Waals surface area contributed by atoms with Crippen molar-refractivity contribution >= 4 is 28.6 Å². The second kappa shape index (κ2) is 25.8. The number of hydrogen-bond donors (Lipinski definition) is 2. The number of nitrogens with two attached hydrogens (primary N) is 1. The van der Waals surface area contributed by atoms with Crippen LogP contribution in [0.2, 0.25) is 0 Å². The average Bonchev–Trinajstić information content (AvgIpc) is 3.43. The molecule has 3 aromatic heterocycles. The Labute approximate surface area is 273 Å². The topological polar surface area (TPSA) is 163 Å². The quantitative estimate of drug-likeness (QED) is 0.0992. The van der Waals surface area contributed by atoms with E-state index < -0.39 is 18.5 Å². The molecule has 0 fully saturated rings. The second-order valence-corrected chi connectivity index (χ2v) is 9.26. The number of nitrogen functional groups attached to an aromatic ring is 1. The Balaban J connectivity index is 0.000000367. The Bertz CT molecular complexity index is 1190. The number of aryl methyl sites for hydroxylation is 1. The number of methoxy groups -OCH3 is 2. The summed E-state index contributed by atoms with van der Waals surface area (Å²) in [6, 6.07) is 7.70. The maximum Gasteiger partial charge on any atom is 0.363 e. The van der Waals surface area contributed by atoms with E-state index in [0.29, 0.717) is 51.1 Å². The van der Waals surface area contributed by atoms with Crippen LogP contribution in [0.4, 0.5) is 11.5 Å². The van der Waals surface area contributed by atoms with Crippen molar-refractivity contribution in [3.8, 4) is 0 Å². The van der Waals surface area contributed by atoms with Crippen molar-refractivity contribution in [1.29, 1.82) is 0 Å². The summed E-state index contributed by atoms with van der Waals surface area (Å²) < 4.78 is 38.2. The first kappa shape index (κ1) is 40.6. The lowest BCUT2D eigenvalue weighted by atomic mass is 10.3. The number of imidazole rings is 1. The highest BCUT2D eigenvalue weighted by Gasteiger charge is 2.21. The van der Waals surface area contributed by atoms with Gasteiger partial charge in [-0.25, -0.2) is 19.7 Å². The average molecular weight is 651 g/mol. The molecular weight excluding hydrogens is 596 g/mol. The smallest absolute Gasteiger partial charge is 0.363 e. The minimum atomic E-state index is -0.861. The summed E-state index contributed by atoms with van der Waals surface area (Å²) in [4.78, 5) is 23.9. The van der Waals surface area contributed by atoms with Crippen LogP contribution in [-0.4, -0.2) is 98.8 Å². The predicted molar refractivity (Wildman–Crippen MR) is 177 cm³/mol. The first-order valence-electron chi connectivity index (χ1n) is 15.8. The number of hydrogen-bond acceptors (Lipinski definition) is 13. The molecule has 3 rings (SSSR count). The van der Waals surface area contributed by atoms with Crippen molar-refractivity contribution in [3.63, 3.8) is 0 Å². The number of aromatic nitrogens is 4.